The molecule has 0 saturated carbocycles. The number of nitrogens with zero attached hydrogens (tertiary/aromatic N) is 2. The lowest BCUT2D eigenvalue weighted by Crippen LogP contribution is -2.00. The first-order valence-corrected chi connectivity index (χ1v) is 6.96. The van der Waals surface area contributed by atoms with Gasteiger partial charge in [-0.25, -0.2) is 0 Å². The van der Waals surface area contributed by atoms with Gasteiger partial charge >= 0.3 is 0 Å². The molecule has 0 aromatic carbocycles. The quantitative estimate of drug-likeness (QED) is 0.884. The minimum atomic E-state index is 0.121. The number of alkyl halides is 1. The summed E-state index contributed by atoms with van der Waals surface area (Å²) in [4.78, 5) is 9.10. The zero-order chi connectivity index (χ0) is 13.0. The van der Waals surface area contributed by atoms with Crippen molar-refractivity contribution in [3.05, 3.63) is 47.3 Å². The maximum atomic E-state index is 9.11. The maximum Gasteiger partial charge on any atom is 0.0922 e. The highest BCUT2D eigenvalue weighted by molar-refractivity contribution is 9.08. The average Bonchev–Trinajstić information content (AvgIpc) is 2.41. The largest absolute Gasteiger partial charge is 0.396 e. The SMILES string of the molecule is Cc1ccc(CCO)c(-c2cccc(CBr)n2)n1. The van der Waals surface area contributed by atoms with Gasteiger partial charge in [-0.1, -0.05) is 28.1 Å². The summed E-state index contributed by atoms with van der Waals surface area (Å²) in [7, 11) is 0. The summed E-state index contributed by atoms with van der Waals surface area (Å²) in [6.45, 7) is 2.08. The van der Waals surface area contributed by atoms with Crippen LogP contribution in [0.2, 0.25) is 0 Å². The minimum Gasteiger partial charge on any atom is -0.396 e. The predicted molar refractivity (Wildman–Crippen MR) is 75.6 cm³/mol. The van der Waals surface area contributed by atoms with E-state index in [4.69, 9.17) is 5.11 Å². The maximum absolute atomic E-state index is 9.11. The van der Waals surface area contributed by atoms with Crippen molar-refractivity contribution in [1.29, 1.82) is 0 Å². The monoisotopic (exact) mass is 306 g/mol. The molecule has 3 nitrogen and oxygen atoms in total. The molecular weight excluding hydrogens is 292 g/mol. The zero-order valence-corrected chi connectivity index (χ0v) is 11.8. The summed E-state index contributed by atoms with van der Waals surface area (Å²) in [5.41, 5.74) is 4.69. The highest BCUT2D eigenvalue weighted by atomic mass is 79.9. The van der Waals surface area contributed by atoms with Gasteiger partial charge in [0.2, 0.25) is 0 Å². The molecule has 0 spiro atoms. The molecule has 1 N–H and O–H groups in total. The van der Waals surface area contributed by atoms with Crippen LogP contribution in [0.5, 0.6) is 0 Å². The molecule has 0 atom stereocenters. The highest BCUT2D eigenvalue weighted by Gasteiger charge is 2.09. The Morgan fingerprint density at radius 2 is 2.00 bits per heavy atom. The lowest BCUT2D eigenvalue weighted by Gasteiger charge is -2.09. The lowest BCUT2D eigenvalue weighted by molar-refractivity contribution is 0.299. The third-order valence-electron chi connectivity index (χ3n) is 2.69. The summed E-state index contributed by atoms with van der Waals surface area (Å²) in [5, 5.41) is 9.83. The van der Waals surface area contributed by atoms with Gasteiger partial charge in [-0.2, -0.15) is 0 Å². The van der Waals surface area contributed by atoms with E-state index in [1.165, 1.54) is 0 Å². The minimum absolute atomic E-state index is 0.121. The van der Waals surface area contributed by atoms with Gasteiger partial charge in [0.05, 0.1) is 17.1 Å². The van der Waals surface area contributed by atoms with E-state index in [1.54, 1.807) is 0 Å². The van der Waals surface area contributed by atoms with E-state index in [0.29, 0.717) is 6.42 Å². The summed E-state index contributed by atoms with van der Waals surface area (Å²) < 4.78 is 0. The average molecular weight is 307 g/mol. The molecule has 2 heterocycles. The predicted octanol–water partition coefficient (Wildman–Crippen LogP) is 2.88. The fourth-order valence-electron chi connectivity index (χ4n) is 1.82. The zero-order valence-electron chi connectivity index (χ0n) is 10.2. The van der Waals surface area contributed by atoms with Crippen molar-refractivity contribution in [1.82, 2.24) is 9.97 Å². The normalized spacial score (nSPS) is 10.6. The van der Waals surface area contributed by atoms with Gasteiger partial charge in [0.15, 0.2) is 0 Å². The summed E-state index contributed by atoms with van der Waals surface area (Å²) in [6.07, 6.45) is 0.600. The number of rotatable bonds is 4. The molecule has 0 aliphatic carbocycles. The van der Waals surface area contributed by atoms with Gasteiger partial charge < -0.3 is 5.11 Å². The van der Waals surface area contributed by atoms with Crippen molar-refractivity contribution < 1.29 is 5.11 Å². The van der Waals surface area contributed by atoms with Crippen LogP contribution in [0.3, 0.4) is 0 Å². The Balaban J connectivity index is 2.50. The molecule has 0 amide bonds. The molecule has 0 aliphatic rings. The molecular formula is C14H15BrN2O. The van der Waals surface area contributed by atoms with Crippen LogP contribution in [0, 0.1) is 6.92 Å². The van der Waals surface area contributed by atoms with E-state index in [9.17, 15) is 0 Å². The third-order valence-corrected chi connectivity index (χ3v) is 3.26. The second-order valence-corrected chi connectivity index (χ2v) is 4.64. The Kier molecular flexibility index (Phi) is 4.44. The Hall–Kier alpha value is -1.26. The summed E-state index contributed by atoms with van der Waals surface area (Å²) >= 11 is 3.41. The molecule has 18 heavy (non-hydrogen) atoms. The molecule has 94 valence electrons. The van der Waals surface area contributed by atoms with Crippen molar-refractivity contribution in [3.63, 3.8) is 0 Å². The molecule has 2 aromatic rings. The van der Waals surface area contributed by atoms with Crippen LogP contribution in [0.25, 0.3) is 11.4 Å². The molecule has 2 aromatic heterocycles. The molecule has 0 saturated heterocycles. The van der Waals surface area contributed by atoms with Gasteiger partial charge in [0, 0.05) is 17.6 Å². The lowest BCUT2D eigenvalue weighted by atomic mass is 10.1. The second kappa shape index (κ2) is 6.07. The van der Waals surface area contributed by atoms with Crippen LogP contribution >= 0.6 is 15.9 Å². The van der Waals surface area contributed by atoms with Crippen molar-refractivity contribution in [2.75, 3.05) is 6.61 Å². The van der Waals surface area contributed by atoms with Gasteiger partial charge in [0.1, 0.15) is 0 Å². The molecule has 0 aliphatic heterocycles. The standard InChI is InChI=1S/C14H15BrN2O/c1-10-5-6-11(7-8-18)14(16-10)13-4-2-3-12(9-15)17-13/h2-6,18H,7-9H2,1H3. The molecule has 2 rings (SSSR count). The fraction of sp³-hybridized carbons (Fsp3) is 0.286. The van der Waals surface area contributed by atoms with Crippen LogP contribution in [0.4, 0.5) is 0 Å². The molecule has 0 unspecified atom stereocenters. The number of hydrogen-bond acceptors (Lipinski definition) is 3. The van der Waals surface area contributed by atoms with Crippen LogP contribution in [-0.2, 0) is 11.8 Å². The van der Waals surface area contributed by atoms with Crippen molar-refractivity contribution >= 4 is 15.9 Å². The molecule has 0 bridgehead atoms. The van der Waals surface area contributed by atoms with Crippen LogP contribution < -0.4 is 0 Å². The van der Waals surface area contributed by atoms with Crippen molar-refractivity contribution in [2.45, 2.75) is 18.7 Å². The van der Waals surface area contributed by atoms with E-state index >= 15 is 0 Å². The van der Waals surface area contributed by atoms with E-state index < -0.39 is 0 Å². The van der Waals surface area contributed by atoms with Crippen molar-refractivity contribution in [2.24, 2.45) is 0 Å². The first-order valence-electron chi connectivity index (χ1n) is 5.84. The number of aliphatic hydroxyl groups excluding tert-OH is 1. The molecule has 0 fully saturated rings. The molecule has 4 heteroatoms. The van der Waals surface area contributed by atoms with Gasteiger partial charge in [-0.05, 0) is 37.1 Å². The van der Waals surface area contributed by atoms with E-state index in [2.05, 4.69) is 25.9 Å². The van der Waals surface area contributed by atoms with Gasteiger partial charge in [0.25, 0.3) is 0 Å². The summed E-state index contributed by atoms with van der Waals surface area (Å²) in [6, 6.07) is 9.87. The van der Waals surface area contributed by atoms with Gasteiger partial charge in [-0.3, -0.25) is 9.97 Å². The second-order valence-electron chi connectivity index (χ2n) is 4.08. The Morgan fingerprint density at radius 1 is 1.17 bits per heavy atom. The number of aliphatic hydroxyl groups is 1. The van der Waals surface area contributed by atoms with Crippen LogP contribution in [-0.4, -0.2) is 21.7 Å². The number of aryl methyl sites for hydroxylation is 1. The number of hydrogen-bond donors (Lipinski definition) is 1. The topological polar surface area (TPSA) is 46.0 Å². The smallest absolute Gasteiger partial charge is 0.0922 e. The number of aromatic nitrogens is 2. The van der Waals surface area contributed by atoms with Crippen molar-refractivity contribution in [3.8, 4) is 11.4 Å². The Labute approximate surface area is 115 Å². The first-order chi connectivity index (χ1) is 8.74. The van der Waals surface area contributed by atoms with E-state index in [1.807, 2.05) is 37.3 Å². The first kappa shape index (κ1) is 13.2. The third kappa shape index (κ3) is 2.94. The Morgan fingerprint density at radius 3 is 2.72 bits per heavy atom. The van der Waals surface area contributed by atoms with E-state index in [-0.39, 0.29) is 6.61 Å². The molecule has 0 radical (unpaired) electrons. The Bertz CT molecular complexity index is 543. The van der Waals surface area contributed by atoms with Gasteiger partial charge in [-0.15, -0.1) is 0 Å². The summed E-state index contributed by atoms with van der Waals surface area (Å²) in [5.74, 6) is 0. The van der Waals surface area contributed by atoms with Crippen LogP contribution in [0.1, 0.15) is 17.0 Å². The van der Waals surface area contributed by atoms with E-state index in [0.717, 1.165) is 33.7 Å². The number of pyridine rings is 2. The van der Waals surface area contributed by atoms with Crippen LogP contribution in [0.15, 0.2) is 30.3 Å². The highest BCUT2D eigenvalue weighted by Crippen LogP contribution is 2.21. The number of halogens is 1. The fourth-order valence-corrected chi connectivity index (χ4v) is 2.13.